The van der Waals surface area contributed by atoms with Gasteiger partial charge in [0.1, 0.15) is 0 Å². The first kappa shape index (κ1) is 32.2. The van der Waals surface area contributed by atoms with E-state index in [9.17, 15) is 0 Å². The summed E-state index contributed by atoms with van der Waals surface area (Å²) in [6.07, 6.45) is 0. The van der Waals surface area contributed by atoms with E-state index in [0.29, 0.717) is 0 Å². The number of para-hydroxylation sites is 4. The Morgan fingerprint density at radius 1 is 0.237 bits per heavy atom. The summed E-state index contributed by atoms with van der Waals surface area (Å²) in [5.41, 5.74) is 13.2. The Labute approximate surface area is 339 Å². The molecule has 10 aromatic carbocycles. The molecule has 274 valence electrons. The van der Waals surface area contributed by atoms with Gasteiger partial charge >= 0.3 is 0 Å². The van der Waals surface area contributed by atoms with Crippen LogP contribution in [0.25, 0.3) is 115 Å². The first-order chi connectivity index (χ1) is 29.3. The van der Waals surface area contributed by atoms with Crippen LogP contribution >= 0.6 is 0 Å². The molecule has 0 saturated carbocycles. The van der Waals surface area contributed by atoms with Crippen molar-refractivity contribution in [2.75, 3.05) is 0 Å². The fraction of sp³-hybridized carbons (Fsp3) is 0. The summed E-state index contributed by atoms with van der Waals surface area (Å²) in [6, 6.07) is 77.9. The first-order valence-corrected chi connectivity index (χ1v) is 20.4. The summed E-state index contributed by atoms with van der Waals surface area (Å²) in [4.78, 5) is 0. The molecule has 0 unspecified atom stereocenters. The van der Waals surface area contributed by atoms with E-state index in [4.69, 9.17) is 0 Å². The van der Waals surface area contributed by atoms with Crippen LogP contribution in [0.15, 0.2) is 212 Å². The van der Waals surface area contributed by atoms with Gasteiger partial charge in [0.15, 0.2) is 0 Å². The van der Waals surface area contributed by atoms with E-state index in [2.05, 4.69) is 226 Å². The van der Waals surface area contributed by atoms with Crippen molar-refractivity contribution in [3.05, 3.63) is 212 Å². The van der Waals surface area contributed by atoms with Crippen molar-refractivity contribution in [3.8, 4) is 28.2 Å². The Morgan fingerprint density at radius 3 is 1.41 bits per heavy atom. The molecule has 0 radical (unpaired) electrons. The number of nitrogens with zero attached hydrogens (tertiary/aromatic N) is 3. The van der Waals surface area contributed by atoms with E-state index in [0.717, 1.165) is 5.69 Å². The predicted molar refractivity (Wildman–Crippen MR) is 250 cm³/mol. The van der Waals surface area contributed by atoms with Crippen LogP contribution in [0.4, 0.5) is 0 Å². The van der Waals surface area contributed by atoms with Crippen LogP contribution in [0.3, 0.4) is 0 Å². The summed E-state index contributed by atoms with van der Waals surface area (Å²) < 4.78 is 7.31. The van der Waals surface area contributed by atoms with Gasteiger partial charge in [-0.1, -0.05) is 140 Å². The van der Waals surface area contributed by atoms with Gasteiger partial charge in [-0.15, -0.1) is 0 Å². The molecule has 0 N–H and O–H groups in total. The standard InChI is InChI=1S/C56H35N3/c1-2-15-39(16-3-1)57-48-23-11-8-20-44(48)47-34-37(28-31-51(47)57)36-26-29-40(30-27-36)58-49-24-12-9-21-45(49)55-52(58)32-33-53-56(55)46-22-10-13-25-50(46)59(53)54-35-38-14-4-5-17-41(38)42-18-6-7-19-43(42)54/h1-35H. The quantitative estimate of drug-likeness (QED) is 0.159. The van der Waals surface area contributed by atoms with Crippen LogP contribution in [0, 0.1) is 0 Å². The second-order valence-corrected chi connectivity index (χ2v) is 15.7. The Hall–Kier alpha value is -7.88. The average molecular weight is 750 g/mol. The van der Waals surface area contributed by atoms with Gasteiger partial charge in [-0.25, -0.2) is 0 Å². The summed E-state index contributed by atoms with van der Waals surface area (Å²) in [5.74, 6) is 0. The normalized spacial score (nSPS) is 12.1. The van der Waals surface area contributed by atoms with E-state index in [1.54, 1.807) is 0 Å². The van der Waals surface area contributed by atoms with Crippen LogP contribution in [0.5, 0.6) is 0 Å². The fourth-order valence-corrected chi connectivity index (χ4v) is 10.1. The maximum Gasteiger partial charge on any atom is 0.0549 e. The number of hydrogen-bond acceptors (Lipinski definition) is 0. The van der Waals surface area contributed by atoms with Crippen molar-refractivity contribution in [2.45, 2.75) is 0 Å². The summed E-state index contributed by atoms with van der Waals surface area (Å²) in [6.45, 7) is 0. The van der Waals surface area contributed by atoms with Crippen molar-refractivity contribution in [1.29, 1.82) is 0 Å². The van der Waals surface area contributed by atoms with Gasteiger partial charge in [-0.3, -0.25) is 0 Å². The average Bonchev–Trinajstić information content (AvgIpc) is 3.94. The SMILES string of the molecule is c1ccc(-n2c3ccccc3c3cc(-c4ccc(-n5c6ccccc6c6c7c8ccccc8n(-c8cc9ccccc9c9ccccc89)c7ccc65)cc4)ccc32)cc1. The number of rotatable bonds is 4. The molecule has 0 aliphatic heterocycles. The first-order valence-electron chi connectivity index (χ1n) is 20.4. The second kappa shape index (κ2) is 12.3. The largest absolute Gasteiger partial charge is 0.309 e. The Kier molecular flexibility index (Phi) is 6.72. The van der Waals surface area contributed by atoms with Crippen molar-refractivity contribution < 1.29 is 0 Å². The van der Waals surface area contributed by atoms with E-state index in [-0.39, 0.29) is 0 Å². The zero-order chi connectivity index (χ0) is 38.6. The molecule has 3 nitrogen and oxygen atoms in total. The van der Waals surface area contributed by atoms with Gasteiger partial charge in [0.25, 0.3) is 0 Å². The molecule has 13 aromatic rings. The molecule has 0 aliphatic rings. The molecule has 0 aliphatic carbocycles. The van der Waals surface area contributed by atoms with Crippen LogP contribution in [-0.2, 0) is 0 Å². The maximum absolute atomic E-state index is 2.49. The molecule has 3 heteroatoms. The van der Waals surface area contributed by atoms with Crippen molar-refractivity contribution in [3.63, 3.8) is 0 Å². The molecule has 0 spiro atoms. The van der Waals surface area contributed by atoms with Crippen LogP contribution in [0.1, 0.15) is 0 Å². The zero-order valence-corrected chi connectivity index (χ0v) is 32.0. The lowest BCUT2D eigenvalue weighted by atomic mass is 10.00. The van der Waals surface area contributed by atoms with Gasteiger partial charge in [0.2, 0.25) is 0 Å². The topological polar surface area (TPSA) is 14.8 Å². The van der Waals surface area contributed by atoms with Gasteiger partial charge in [-0.05, 0) is 100 Å². The van der Waals surface area contributed by atoms with Gasteiger partial charge < -0.3 is 13.7 Å². The molecular formula is C56H35N3. The highest BCUT2D eigenvalue weighted by Crippen LogP contribution is 2.44. The number of aromatic nitrogens is 3. The molecule has 0 bridgehead atoms. The molecule has 0 fully saturated rings. The van der Waals surface area contributed by atoms with E-state index in [1.165, 1.54) is 109 Å². The predicted octanol–water partition coefficient (Wildman–Crippen LogP) is 15.0. The molecule has 3 aromatic heterocycles. The number of hydrogen-bond donors (Lipinski definition) is 0. The van der Waals surface area contributed by atoms with E-state index >= 15 is 0 Å². The lowest BCUT2D eigenvalue weighted by Gasteiger charge is -2.14. The molecule has 0 atom stereocenters. The maximum atomic E-state index is 2.49. The van der Waals surface area contributed by atoms with E-state index in [1.807, 2.05) is 0 Å². The summed E-state index contributed by atoms with van der Waals surface area (Å²) in [7, 11) is 0. The molecule has 3 heterocycles. The minimum Gasteiger partial charge on any atom is -0.309 e. The van der Waals surface area contributed by atoms with Gasteiger partial charge in [0, 0.05) is 49.1 Å². The summed E-state index contributed by atoms with van der Waals surface area (Å²) >= 11 is 0. The lowest BCUT2D eigenvalue weighted by Crippen LogP contribution is -1.96. The Bertz CT molecular complexity index is 3820. The van der Waals surface area contributed by atoms with Crippen LogP contribution in [0.2, 0.25) is 0 Å². The lowest BCUT2D eigenvalue weighted by molar-refractivity contribution is 1.18. The second-order valence-electron chi connectivity index (χ2n) is 15.7. The highest BCUT2D eigenvalue weighted by molar-refractivity contribution is 6.29. The Balaban J connectivity index is 1.00. The monoisotopic (exact) mass is 749 g/mol. The third-order valence-electron chi connectivity index (χ3n) is 12.6. The van der Waals surface area contributed by atoms with Gasteiger partial charge in [-0.2, -0.15) is 0 Å². The van der Waals surface area contributed by atoms with Crippen molar-refractivity contribution >= 4 is 87.0 Å². The third kappa shape index (κ3) is 4.58. The molecular weight excluding hydrogens is 715 g/mol. The highest BCUT2D eigenvalue weighted by atomic mass is 15.0. The minimum absolute atomic E-state index is 1.14. The third-order valence-corrected chi connectivity index (χ3v) is 12.6. The molecule has 13 rings (SSSR count). The number of fused-ring (bicyclic) bond motifs is 13. The fourth-order valence-electron chi connectivity index (χ4n) is 10.1. The summed E-state index contributed by atoms with van der Waals surface area (Å²) in [5, 5.41) is 12.6. The smallest absolute Gasteiger partial charge is 0.0549 e. The Morgan fingerprint density at radius 2 is 0.695 bits per heavy atom. The number of benzene rings is 10. The van der Waals surface area contributed by atoms with Gasteiger partial charge in [0.05, 0.1) is 38.8 Å². The molecule has 0 saturated heterocycles. The van der Waals surface area contributed by atoms with Crippen LogP contribution < -0.4 is 0 Å². The van der Waals surface area contributed by atoms with Crippen molar-refractivity contribution in [2.24, 2.45) is 0 Å². The van der Waals surface area contributed by atoms with E-state index < -0.39 is 0 Å². The highest BCUT2D eigenvalue weighted by Gasteiger charge is 2.22. The van der Waals surface area contributed by atoms with Crippen molar-refractivity contribution in [1.82, 2.24) is 13.7 Å². The molecule has 0 amide bonds. The minimum atomic E-state index is 1.14. The zero-order valence-electron chi connectivity index (χ0n) is 32.0. The van der Waals surface area contributed by atoms with Crippen LogP contribution in [-0.4, -0.2) is 13.7 Å². The molecule has 59 heavy (non-hydrogen) atoms.